The highest BCUT2D eigenvalue weighted by Crippen LogP contribution is 2.75. The highest BCUT2D eigenvalue weighted by molar-refractivity contribution is 5.95. The van der Waals surface area contributed by atoms with Gasteiger partial charge < -0.3 is 50.0 Å². The number of fused-ring (bicyclic) bond motifs is 7. The first-order valence-corrected chi connectivity index (χ1v) is 21.3. The largest absolute Gasteiger partial charge is 0.481 e. The Bertz CT molecular complexity index is 1730. The molecule has 19 atom stereocenters. The fraction of sp³-hybridized carbons (Fsp3) is 0.864. The fourth-order valence-corrected chi connectivity index (χ4v) is 14.1. The monoisotopic (exact) mass is 818 g/mol. The molecule has 2 saturated heterocycles. The molecule has 326 valence electrons. The lowest BCUT2D eigenvalue weighted by atomic mass is 9.33. The molecule has 0 aromatic carbocycles. The summed E-state index contributed by atoms with van der Waals surface area (Å²) in [4.78, 5) is 52.2. The average molecular weight is 819 g/mol. The fourth-order valence-electron chi connectivity index (χ4n) is 14.1. The van der Waals surface area contributed by atoms with Crippen molar-refractivity contribution in [1.82, 2.24) is 0 Å². The zero-order valence-corrected chi connectivity index (χ0v) is 35.2. The zero-order chi connectivity index (χ0) is 42.9. The third-order valence-corrected chi connectivity index (χ3v) is 17.6. The van der Waals surface area contributed by atoms with Gasteiger partial charge in [-0.15, -0.1) is 0 Å². The van der Waals surface area contributed by atoms with Gasteiger partial charge in [0.2, 0.25) is 0 Å². The summed E-state index contributed by atoms with van der Waals surface area (Å²) >= 11 is 0. The van der Waals surface area contributed by atoms with Crippen molar-refractivity contribution < 1.29 is 69.1 Å². The number of hydrogen-bond donors (Lipinski definition) is 7. The van der Waals surface area contributed by atoms with Crippen LogP contribution < -0.4 is 0 Å². The number of ether oxygens (including phenoxy) is 3. The predicted molar refractivity (Wildman–Crippen MR) is 206 cm³/mol. The summed E-state index contributed by atoms with van der Waals surface area (Å²) < 4.78 is 18.4. The summed E-state index contributed by atoms with van der Waals surface area (Å²) in [5.41, 5.74) is -1.65. The Morgan fingerprint density at radius 1 is 0.776 bits per heavy atom. The van der Waals surface area contributed by atoms with Crippen LogP contribution in [0.5, 0.6) is 0 Å². The molecule has 0 amide bonds. The van der Waals surface area contributed by atoms with E-state index >= 15 is 4.79 Å². The van der Waals surface area contributed by atoms with Gasteiger partial charge in [-0.05, 0) is 123 Å². The van der Waals surface area contributed by atoms with Crippen molar-refractivity contribution in [1.29, 1.82) is 0 Å². The van der Waals surface area contributed by atoms with E-state index < -0.39 is 107 Å². The molecule has 7 N–H and O–H groups in total. The summed E-state index contributed by atoms with van der Waals surface area (Å²) in [5, 5.41) is 74.7. The van der Waals surface area contributed by atoms with Gasteiger partial charge in [-0.25, -0.2) is 4.79 Å². The number of aliphatic hydroxyl groups excluding tert-OH is 5. The van der Waals surface area contributed by atoms with E-state index in [0.717, 1.165) is 37.7 Å². The quantitative estimate of drug-likeness (QED) is 0.183. The first-order valence-electron chi connectivity index (χ1n) is 21.3. The molecule has 0 spiro atoms. The Kier molecular flexibility index (Phi) is 10.9. The lowest BCUT2D eigenvalue weighted by Gasteiger charge is -2.70. The van der Waals surface area contributed by atoms with Gasteiger partial charge in [0.15, 0.2) is 24.0 Å². The summed E-state index contributed by atoms with van der Waals surface area (Å²) in [7, 11) is 0. The molecular weight excluding hydrogens is 752 g/mol. The molecule has 6 fully saturated rings. The van der Waals surface area contributed by atoms with Crippen LogP contribution in [0, 0.1) is 56.2 Å². The normalized spacial score (nSPS) is 52.6. The number of allylic oxidation sites excluding steroid dienone is 2. The van der Waals surface area contributed by atoms with E-state index in [0.29, 0.717) is 25.7 Å². The molecular formula is C44H66O14. The molecule has 2 aliphatic heterocycles. The van der Waals surface area contributed by atoms with Crippen LogP contribution in [-0.4, -0.2) is 120 Å². The summed E-state index contributed by atoms with van der Waals surface area (Å²) in [5.74, 6) is -4.38. The van der Waals surface area contributed by atoms with Crippen LogP contribution in [0.4, 0.5) is 0 Å². The average Bonchev–Trinajstić information content (AvgIpc) is 3.11. The summed E-state index contributed by atoms with van der Waals surface area (Å²) in [6.45, 7) is 16.3. The zero-order valence-electron chi connectivity index (χ0n) is 35.2. The summed E-state index contributed by atoms with van der Waals surface area (Å²) in [6, 6.07) is 0. The maximum absolute atomic E-state index is 15.0. The number of carboxylic acids is 2. The topological polar surface area (TPSA) is 238 Å². The third kappa shape index (κ3) is 6.48. The van der Waals surface area contributed by atoms with Crippen molar-refractivity contribution in [3.05, 3.63) is 11.6 Å². The second-order valence-electron chi connectivity index (χ2n) is 21.5. The molecule has 0 radical (unpaired) electrons. The predicted octanol–water partition coefficient (Wildman–Crippen LogP) is 3.41. The van der Waals surface area contributed by atoms with Crippen molar-refractivity contribution in [3.8, 4) is 0 Å². The van der Waals surface area contributed by atoms with Crippen molar-refractivity contribution in [2.75, 3.05) is 0 Å². The summed E-state index contributed by atoms with van der Waals surface area (Å²) in [6.07, 6.45) is -7.57. The van der Waals surface area contributed by atoms with Gasteiger partial charge in [0, 0.05) is 11.8 Å². The van der Waals surface area contributed by atoms with E-state index in [2.05, 4.69) is 41.5 Å². The smallest absolute Gasteiger partial charge is 0.335 e. The highest BCUT2D eigenvalue weighted by Gasteiger charge is 2.70. The number of aliphatic hydroxyl groups is 5. The maximum Gasteiger partial charge on any atom is 0.335 e. The Balaban J connectivity index is 1.22. The molecule has 58 heavy (non-hydrogen) atoms. The van der Waals surface area contributed by atoms with Crippen LogP contribution in [0.1, 0.15) is 120 Å². The van der Waals surface area contributed by atoms with Crippen LogP contribution in [0.15, 0.2) is 11.6 Å². The standard InChI is InChI=1S/C44H66O14/c1-20(45)33-32(51)30(49)29(48)26(57-33)15-22-28(47)31(50)34(36(52)53)58-37(22)56-21-17-39(2,3)27-9-10-44(8)35(42(27,6)18-21)25(46)16-23-24-19-41(5,38(54)55)12-11-40(24,4)13-14-43(23,44)7/h16,21-22,24,26-35,37,47-51H,9-15,17-19H2,1-8H3,(H,52,53)(H,54,55). The van der Waals surface area contributed by atoms with E-state index in [1.807, 2.05) is 13.0 Å². The van der Waals surface area contributed by atoms with Crippen LogP contribution in [0.25, 0.3) is 0 Å². The molecule has 2 heterocycles. The number of aliphatic carboxylic acids is 2. The van der Waals surface area contributed by atoms with Crippen molar-refractivity contribution in [2.24, 2.45) is 56.2 Å². The second kappa shape index (κ2) is 14.4. The SMILES string of the molecule is CC(=O)C1OC(CC2C(OC3CC(C)(C)C4CCC5(C)C(C(=O)C=C6C7CC(C)(C(=O)O)CCC7(C)CCC65C)C4(C)C3)OC(C(=O)O)C(O)C2O)C(O)C(O)C1O. The first-order chi connectivity index (χ1) is 26.7. The molecule has 7 rings (SSSR count). The minimum Gasteiger partial charge on any atom is -0.481 e. The van der Waals surface area contributed by atoms with E-state index in [1.54, 1.807) is 0 Å². The number of carbonyl (C=O) groups excluding carboxylic acids is 2. The third-order valence-electron chi connectivity index (χ3n) is 17.6. The lowest BCUT2D eigenvalue weighted by Crippen LogP contribution is -2.67. The molecule has 19 unspecified atom stereocenters. The van der Waals surface area contributed by atoms with Crippen molar-refractivity contribution in [2.45, 2.75) is 181 Å². The number of hydrogen-bond acceptors (Lipinski definition) is 12. The molecule has 7 aliphatic rings. The number of carbonyl (C=O) groups is 4. The Morgan fingerprint density at radius 2 is 1.41 bits per heavy atom. The molecule has 14 heteroatoms. The van der Waals surface area contributed by atoms with Crippen LogP contribution in [0.2, 0.25) is 0 Å². The molecule has 0 bridgehead atoms. The maximum atomic E-state index is 15.0. The van der Waals surface area contributed by atoms with Crippen LogP contribution in [-0.2, 0) is 33.4 Å². The number of carboxylic acid groups (broad SMARTS) is 2. The number of Topliss-reactive ketones (excluding diaryl/α,β-unsaturated/α-hetero) is 1. The van der Waals surface area contributed by atoms with E-state index in [-0.39, 0.29) is 40.3 Å². The molecule has 0 aromatic rings. The van der Waals surface area contributed by atoms with Gasteiger partial charge in [-0.3, -0.25) is 14.4 Å². The molecule has 14 nitrogen and oxygen atoms in total. The number of rotatable bonds is 7. The minimum atomic E-state index is -1.89. The molecule has 0 aromatic heterocycles. The lowest BCUT2D eigenvalue weighted by molar-refractivity contribution is -0.311. The van der Waals surface area contributed by atoms with E-state index in [1.165, 1.54) is 6.92 Å². The van der Waals surface area contributed by atoms with Crippen LogP contribution >= 0.6 is 0 Å². The Morgan fingerprint density at radius 3 is 2.03 bits per heavy atom. The molecule has 4 saturated carbocycles. The highest BCUT2D eigenvalue weighted by atomic mass is 16.7. The first kappa shape index (κ1) is 43.8. The van der Waals surface area contributed by atoms with Crippen LogP contribution in [0.3, 0.4) is 0 Å². The van der Waals surface area contributed by atoms with Crippen molar-refractivity contribution >= 4 is 23.5 Å². The van der Waals surface area contributed by atoms with Gasteiger partial charge in [-0.2, -0.15) is 0 Å². The minimum absolute atomic E-state index is 0.0293. The number of ketones is 2. The molecule has 5 aliphatic carbocycles. The van der Waals surface area contributed by atoms with E-state index in [4.69, 9.17) is 14.2 Å². The van der Waals surface area contributed by atoms with Gasteiger partial charge in [0.25, 0.3) is 0 Å². The van der Waals surface area contributed by atoms with Crippen molar-refractivity contribution in [3.63, 3.8) is 0 Å². The Hall–Kier alpha value is -2.30. The van der Waals surface area contributed by atoms with Gasteiger partial charge in [0.1, 0.15) is 30.5 Å². The van der Waals surface area contributed by atoms with Gasteiger partial charge in [-0.1, -0.05) is 47.1 Å². The Labute approximate surface area is 340 Å². The van der Waals surface area contributed by atoms with Gasteiger partial charge in [0.05, 0.1) is 23.7 Å². The second-order valence-corrected chi connectivity index (χ2v) is 21.5. The van der Waals surface area contributed by atoms with E-state index in [9.17, 15) is 50.1 Å². The van der Waals surface area contributed by atoms with Gasteiger partial charge >= 0.3 is 11.9 Å².